The molecule has 2 aliphatic rings. The zero-order chi connectivity index (χ0) is 40.0. The Kier molecular flexibility index (Phi) is 8.89. The summed E-state index contributed by atoms with van der Waals surface area (Å²) >= 11 is 14.7. The second-order valence-corrected chi connectivity index (χ2v) is 17.3. The number of aryl methyl sites for hydroxylation is 2. The number of nitrogen functional groups attached to an aromatic ring is 1. The summed E-state index contributed by atoms with van der Waals surface area (Å²) < 4.78 is 1.26. The van der Waals surface area contributed by atoms with E-state index >= 15 is 0 Å². The Bertz CT molecular complexity index is 3030. The van der Waals surface area contributed by atoms with Gasteiger partial charge < -0.3 is 25.5 Å². The maximum atomic E-state index is 14.1. The highest BCUT2D eigenvalue weighted by molar-refractivity contribution is 7.17. The van der Waals surface area contributed by atoms with Gasteiger partial charge in [-0.05, 0) is 107 Å². The summed E-state index contributed by atoms with van der Waals surface area (Å²) in [6.07, 6.45) is 0.494. The highest BCUT2D eigenvalue weighted by Crippen LogP contribution is 2.47. The number of thiophene rings is 1. The first-order valence-electron chi connectivity index (χ1n) is 19.4. The highest BCUT2D eigenvalue weighted by atomic mass is 35.5. The third-order valence-corrected chi connectivity index (χ3v) is 14.0. The van der Waals surface area contributed by atoms with E-state index in [1.54, 1.807) is 16.2 Å². The maximum absolute atomic E-state index is 14.1. The van der Waals surface area contributed by atoms with Gasteiger partial charge in [-0.25, -0.2) is 0 Å². The number of carbonyl (C=O) groups excluding carboxylic acids is 3. The van der Waals surface area contributed by atoms with Gasteiger partial charge in [0.25, 0.3) is 11.8 Å². The van der Waals surface area contributed by atoms with E-state index in [4.69, 9.17) is 28.9 Å². The molecular weight excluding hydrogens is 786 g/mol. The van der Waals surface area contributed by atoms with Crippen LogP contribution in [0.25, 0.3) is 42.7 Å². The van der Waals surface area contributed by atoms with E-state index in [1.807, 2.05) is 83.8 Å². The molecule has 0 saturated carbocycles. The number of nitrogens with one attached hydrogen (secondary N) is 2. The van der Waals surface area contributed by atoms with Gasteiger partial charge in [-0.15, -0.1) is 34.5 Å². The van der Waals surface area contributed by atoms with E-state index in [-0.39, 0.29) is 42.3 Å². The number of hydrogen-bond donors (Lipinski definition) is 3. The molecule has 4 N–H and O–H groups in total. The molecule has 290 valence electrons. The van der Waals surface area contributed by atoms with Crippen molar-refractivity contribution in [3.8, 4) is 0 Å². The Morgan fingerprint density at radius 2 is 1.26 bits per heavy atom. The summed E-state index contributed by atoms with van der Waals surface area (Å²) in [5, 5.41) is 7.12. The summed E-state index contributed by atoms with van der Waals surface area (Å²) in [6, 6.07) is 27.4. The van der Waals surface area contributed by atoms with Crippen LogP contribution >= 0.6 is 34.5 Å². The minimum atomic E-state index is -0.156. The molecule has 58 heavy (non-hydrogen) atoms. The lowest BCUT2D eigenvalue weighted by Gasteiger charge is -2.18. The van der Waals surface area contributed by atoms with Crippen LogP contribution < -0.4 is 15.5 Å². The number of Topliss-reactive ketones (excluding diaryl/α,β-unsaturated/α-hetero) is 1. The number of hydrogen-bond acceptors (Lipinski definition) is 5. The Hall–Kier alpha value is -5.61. The average Bonchev–Trinajstić information content (AvgIpc) is 4.06. The molecule has 3 aromatic heterocycles. The third kappa shape index (κ3) is 5.90. The molecule has 5 aromatic carbocycles. The SMILES string of the molecule is Cc1cc2c(c3c(C)csc13)[C@H](CCl)CN2C(=O)c1cc2cc(CC(=O)Cc3ccc4[nH]c(C(=O)N5C[C@@H](CCl)c6c5cc(N)c5ccccc65)cc4c3)ccc2[nH]1. The Morgan fingerprint density at radius 1 is 0.707 bits per heavy atom. The standard InChI is InChI=1S/C47H39Cl2N5O3S/c1-24-11-40-44(42-25(2)23-58-45(24)42)31(20-49)22-53(40)46(56)38-16-28-12-26(7-9-36(28)51-38)14-32(55)15-27-8-10-37-29(13-27)17-39(52-37)47(57)54-21-30(19-48)43-34-6-4-3-5-33(34)35(50)18-41(43)54/h3-13,16-18,23,30-31,51-52H,14-15,19-22,50H2,1-2H3/t30-,31-/m1/s1. The van der Waals surface area contributed by atoms with Crippen molar-refractivity contribution in [1.82, 2.24) is 9.97 Å². The number of nitrogens with zero attached hydrogens (tertiary/aromatic N) is 2. The second-order valence-electron chi connectivity index (χ2n) is 15.8. The molecule has 0 spiro atoms. The van der Waals surface area contributed by atoms with E-state index in [9.17, 15) is 14.4 Å². The first-order chi connectivity index (χ1) is 28.1. The number of aromatic amines is 2. The van der Waals surface area contributed by atoms with Gasteiger partial charge in [0.15, 0.2) is 0 Å². The summed E-state index contributed by atoms with van der Waals surface area (Å²) in [5.41, 5.74) is 17.7. The molecule has 2 amide bonds. The number of aromatic nitrogens is 2. The highest BCUT2D eigenvalue weighted by Gasteiger charge is 2.37. The number of halogens is 2. The average molecular weight is 825 g/mol. The molecule has 0 unspecified atom stereocenters. The van der Waals surface area contributed by atoms with Gasteiger partial charge in [0.1, 0.15) is 17.2 Å². The van der Waals surface area contributed by atoms with Crippen LogP contribution in [0.1, 0.15) is 66.2 Å². The number of anilines is 3. The van der Waals surface area contributed by atoms with E-state index < -0.39 is 0 Å². The smallest absolute Gasteiger partial charge is 0.274 e. The zero-order valence-corrected chi connectivity index (χ0v) is 34.2. The summed E-state index contributed by atoms with van der Waals surface area (Å²) in [4.78, 5) is 51.8. The predicted octanol–water partition coefficient (Wildman–Crippen LogP) is 10.5. The Balaban J connectivity index is 0.848. The van der Waals surface area contributed by atoms with Gasteiger partial charge in [0, 0.05) is 98.2 Å². The molecule has 0 radical (unpaired) electrons. The molecule has 0 bridgehead atoms. The number of alkyl halides is 2. The van der Waals surface area contributed by atoms with E-state index in [2.05, 4.69) is 35.3 Å². The molecule has 8 aromatic rings. The fourth-order valence-corrected chi connectivity index (χ4v) is 10.9. The number of fused-ring (bicyclic) bond motifs is 8. The van der Waals surface area contributed by atoms with Crippen LogP contribution in [-0.2, 0) is 17.6 Å². The molecule has 0 fully saturated rings. The first kappa shape index (κ1) is 36.7. The summed E-state index contributed by atoms with van der Waals surface area (Å²) in [6.45, 7) is 5.22. The molecular formula is C47H39Cl2N5O3S. The van der Waals surface area contributed by atoms with Crippen molar-refractivity contribution in [1.29, 1.82) is 0 Å². The van der Waals surface area contributed by atoms with E-state index in [0.29, 0.717) is 41.9 Å². The van der Waals surface area contributed by atoms with Crippen molar-refractivity contribution in [2.75, 3.05) is 40.4 Å². The Labute approximate surface area is 348 Å². The van der Waals surface area contributed by atoms with Crippen LogP contribution in [0.5, 0.6) is 0 Å². The largest absolute Gasteiger partial charge is 0.398 e. The van der Waals surface area contributed by atoms with E-state index in [1.165, 1.54) is 15.6 Å². The lowest BCUT2D eigenvalue weighted by atomic mass is 9.95. The van der Waals surface area contributed by atoms with Crippen LogP contribution in [0, 0.1) is 13.8 Å². The lowest BCUT2D eigenvalue weighted by Crippen LogP contribution is -2.30. The fourth-order valence-electron chi connectivity index (χ4n) is 9.32. The van der Waals surface area contributed by atoms with Crippen molar-refractivity contribution in [3.63, 3.8) is 0 Å². The van der Waals surface area contributed by atoms with Crippen molar-refractivity contribution < 1.29 is 14.4 Å². The number of amides is 2. The summed E-state index contributed by atoms with van der Waals surface area (Å²) in [7, 11) is 0. The number of ketones is 1. The van der Waals surface area contributed by atoms with Gasteiger partial charge in [-0.1, -0.05) is 36.4 Å². The molecule has 2 atom stereocenters. The van der Waals surface area contributed by atoms with Crippen LogP contribution in [0.2, 0.25) is 0 Å². The van der Waals surface area contributed by atoms with Crippen molar-refractivity contribution in [2.24, 2.45) is 0 Å². The normalized spacial score (nSPS) is 16.3. The van der Waals surface area contributed by atoms with Crippen LogP contribution in [0.15, 0.2) is 90.3 Å². The molecule has 11 heteroatoms. The van der Waals surface area contributed by atoms with Crippen molar-refractivity contribution in [3.05, 3.63) is 135 Å². The molecule has 10 rings (SSSR count). The number of nitrogens with two attached hydrogens (primary N) is 1. The molecule has 5 heterocycles. The van der Waals surface area contributed by atoms with Gasteiger partial charge in [0.2, 0.25) is 0 Å². The fraction of sp³-hybridized carbons (Fsp3) is 0.213. The van der Waals surface area contributed by atoms with Crippen molar-refractivity contribution >= 4 is 112 Å². The van der Waals surface area contributed by atoms with E-state index in [0.717, 1.165) is 71.8 Å². The van der Waals surface area contributed by atoms with Gasteiger partial charge in [0.05, 0.1) is 5.69 Å². The maximum Gasteiger partial charge on any atom is 0.274 e. The van der Waals surface area contributed by atoms with Gasteiger partial charge in [-0.3, -0.25) is 14.4 Å². The minimum absolute atomic E-state index is 0.0141. The quantitative estimate of drug-likeness (QED) is 0.105. The van der Waals surface area contributed by atoms with Crippen LogP contribution in [-0.4, -0.2) is 52.4 Å². The number of benzene rings is 5. The number of rotatable bonds is 8. The first-order valence-corrected chi connectivity index (χ1v) is 21.4. The van der Waals surface area contributed by atoms with Gasteiger partial charge >= 0.3 is 0 Å². The predicted molar refractivity (Wildman–Crippen MR) is 239 cm³/mol. The monoisotopic (exact) mass is 823 g/mol. The van der Waals surface area contributed by atoms with Crippen LogP contribution in [0.3, 0.4) is 0 Å². The molecule has 0 aliphatic carbocycles. The topological polar surface area (TPSA) is 115 Å². The molecule has 2 aliphatic heterocycles. The van der Waals surface area contributed by atoms with Gasteiger partial charge in [-0.2, -0.15) is 0 Å². The molecule has 8 nitrogen and oxygen atoms in total. The third-order valence-electron chi connectivity index (χ3n) is 12.0. The van der Waals surface area contributed by atoms with Crippen LogP contribution in [0.4, 0.5) is 17.1 Å². The summed E-state index contributed by atoms with van der Waals surface area (Å²) in [5.74, 6) is 0.678. The second kappa shape index (κ2) is 14.0. The number of H-pyrrole nitrogens is 2. The number of carbonyl (C=O) groups is 3. The Morgan fingerprint density at radius 3 is 1.84 bits per heavy atom. The molecule has 0 saturated heterocycles. The minimum Gasteiger partial charge on any atom is -0.398 e. The van der Waals surface area contributed by atoms with Crippen molar-refractivity contribution in [2.45, 2.75) is 38.5 Å². The zero-order valence-electron chi connectivity index (χ0n) is 31.9. The lowest BCUT2D eigenvalue weighted by molar-refractivity contribution is -0.117.